The summed E-state index contributed by atoms with van der Waals surface area (Å²) < 4.78 is 56.7. The van der Waals surface area contributed by atoms with Crippen LogP contribution in [0.1, 0.15) is 32.1 Å². The maximum atomic E-state index is 12.5. The Bertz CT molecular complexity index is 2750. The number of nitrogens with zero attached hydrogens (tertiary/aromatic N) is 10. The minimum absolute atomic E-state index is 0.00808. The van der Waals surface area contributed by atoms with Gasteiger partial charge in [-0.25, -0.2) is 13.6 Å². The molecule has 6 aromatic heterocycles. The molecule has 0 radical (unpaired) electrons. The Labute approximate surface area is 356 Å². The third-order valence-corrected chi connectivity index (χ3v) is 18.7. The number of aryl methyl sites for hydroxylation is 4. The van der Waals surface area contributed by atoms with E-state index in [0.29, 0.717) is 17.3 Å². The number of nitrogens with one attached hydrogen (secondary N) is 1. The SMILES string of the molecule is Cc1nn(C)cc1S(=O)(=O)NC(=O)c1ccc(-n2cc[c]([Ge]([CH3])([CH3])[CH3])n2)nc1Cl.Cc1nn(C)cc1S(N)(=O)=O.[CH3][Ge]([CH3])([CH3])[c]1ccn(-c2ccc(C(=O)O)c(Cl)n2)n1. The van der Waals surface area contributed by atoms with Crippen LogP contribution in [0.5, 0.6) is 0 Å². The molecule has 59 heavy (non-hydrogen) atoms. The Hall–Kier alpha value is -4.39. The van der Waals surface area contributed by atoms with E-state index in [-0.39, 0.29) is 36.9 Å². The fraction of sp³-hybridized carbons (Fsp3) is 0.294. The van der Waals surface area contributed by atoms with Crippen LogP contribution >= 0.6 is 23.2 Å². The number of carboxylic acids is 1. The summed E-state index contributed by atoms with van der Waals surface area (Å²) in [5.74, 6) is 12.4. The molecule has 0 saturated carbocycles. The predicted octanol–water partition coefficient (Wildman–Crippen LogP) is 3.17. The van der Waals surface area contributed by atoms with Crippen LogP contribution < -0.4 is 18.9 Å². The summed E-state index contributed by atoms with van der Waals surface area (Å²) in [6, 6.07) is 9.97. The van der Waals surface area contributed by atoms with Gasteiger partial charge in [0.1, 0.15) is 4.90 Å². The molecule has 0 bridgehead atoms. The van der Waals surface area contributed by atoms with Crippen molar-refractivity contribution in [2.45, 2.75) is 58.2 Å². The molecular weight excluding hydrogens is 969 g/mol. The number of aromatic nitrogens is 10. The van der Waals surface area contributed by atoms with E-state index in [0.717, 1.165) is 9.05 Å². The molecule has 0 fully saturated rings. The van der Waals surface area contributed by atoms with Crippen LogP contribution in [0.25, 0.3) is 11.6 Å². The number of rotatable bonds is 9. The summed E-state index contributed by atoms with van der Waals surface area (Å²) in [4.78, 5) is 31.6. The number of halogens is 2. The minimum atomic E-state index is -4.09. The van der Waals surface area contributed by atoms with E-state index < -0.39 is 58.5 Å². The number of carbonyl (C=O) groups is 2. The number of hydrogen-bond acceptors (Lipinski definition) is 12. The van der Waals surface area contributed by atoms with Crippen LogP contribution in [0, 0.1) is 13.8 Å². The van der Waals surface area contributed by atoms with E-state index >= 15 is 0 Å². The van der Waals surface area contributed by atoms with Crippen molar-refractivity contribution in [3.05, 3.63) is 94.0 Å². The van der Waals surface area contributed by atoms with Crippen LogP contribution in [0.3, 0.4) is 0 Å². The molecule has 0 aliphatic heterocycles. The molecular formula is C34H44Cl2Ge2N12O7S2. The first-order valence-corrected chi connectivity index (χ1v) is 35.9. The van der Waals surface area contributed by atoms with Crippen molar-refractivity contribution >= 4 is 90.7 Å². The Morgan fingerprint density at radius 2 is 1.08 bits per heavy atom. The molecule has 1 amide bonds. The fourth-order valence-electron chi connectivity index (χ4n) is 5.07. The molecule has 25 heteroatoms. The monoisotopic (exact) mass is 1010 g/mol. The average molecular weight is 1010 g/mol. The first-order valence-electron chi connectivity index (χ1n) is 17.4. The van der Waals surface area contributed by atoms with Crippen LogP contribution in [0.4, 0.5) is 0 Å². The van der Waals surface area contributed by atoms with Gasteiger partial charge in [0, 0.05) is 20.3 Å². The Kier molecular flexibility index (Phi) is 14.5. The van der Waals surface area contributed by atoms with Gasteiger partial charge in [-0.1, -0.05) is 0 Å². The molecule has 6 rings (SSSR count). The van der Waals surface area contributed by atoms with Crippen LogP contribution in [-0.2, 0) is 34.1 Å². The summed E-state index contributed by atoms with van der Waals surface area (Å²) in [7, 11) is -4.45. The molecule has 0 atom stereocenters. The van der Waals surface area contributed by atoms with E-state index in [2.05, 4.69) is 64.9 Å². The van der Waals surface area contributed by atoms with Gasteiger partial charge in [-0.15, -0.1) is 0 Å². The summed E-state index contributed by atoms with van der Waals surface area (Å²) in [6.07, 6.45) is 6.32. The van der Waals surface area contributed by atoms with Gasteiger partial charge in [-0.3, -0.25) is 9.36 Å². The second-order valence-electron chi connectivity index (χ2n) is 15.1. The quantitative estimate of drug-likeness (QED) is 0.139. The number of nitrogens with two attached hydrogens (primary N) is 1. The molecule has 0 aromatic carbocycles. The number of pyridine rings is 2. The van der Waals surface area contributed by atoms with E-state index in [9.17, 15) is 26.4 Å². The average Bonchev–Trinajstić information content (AvgIpc) is 3.91. The van der Waals surface area contributed by atoms with E-state index in [1.807, 2.05) is 23.1 Å². The Morgan fingerprint density at radius 1 is 0.678 bits per heavy atom. The van der Waals surface area contributed by atoms with Gasteiger partial charge in [0.15, 0.2) is 0 Å². The first-order chi connectivity index (χ1) is 27.1. The molecule has 0 spiro atoms. The van der Waals surface area contributed by atoms with E-state index in [4.69, 9.17) is 33.4 Å². The standard InChI is InChI=1S/C17H21ClGeN6O3S.C12H14ClGeN3O2.C5H9N3O2S/c1-11-13(10-24(5)21-11)29(27,28)23-17(26)12-6-7-15(20-16(12)18)25-9-8-14(22-25)19(2,3)4;1-14(2,3)9-6-7-17(16-9)10-5-4-8(12(18)19)11(13)15-10;1-4-5(11(6,9)10)3-8(2)7-4/h6-10H,1-5H3,(H,23,26);4-7H,1-3H3,(H,18,19);3H,1-2H3,(H2,6,9,10). The summed E-state index contributed by atoms with van der Waals surface area (Å²) >= 11 is 7.96. The number of sulfonamides is 2. The van der Waals surface area contributed by atoms with Crippen molar-refractivity contribution in [2.75, 3.05) is 0 Å². The van der Waals surface area contributed by atoms with Gasteiger partial charge in [0.25, 0.3) is 0 Å². The molecule has 4 N–H and O–H groups in total. The van der Waals surface area contributed by atoms with E-state index in [1.54, 1.807) is 55.6 Å². The van der Waals surface area contributed by atoms with Gasteiger partial charge >= 0.3 is 271 Å². The van der Waals surface area contributed by atoms with Gasteiger partial charge in [-0.05, 0) is 13.8 Å². The molecule has 0 aliphatic carbocycles. The molecule has 0 unspecified atom stereocenters. The number of hydrogen-bond donors (Lipinski definition) is 3. The second kappa shape index (κ2) is 18.1. The summed E-state index contributed by atoms with van der Waals surface area (Å²) in [6.45, 7) is 3.14. The second-order valence-corrected chi connectivity index (χ2v) is 40.0. The number of carboxylic acid groups (broad SMARTS) is 1. The van der Waals surface area contributed by atoms with Crippen molar-refractivity contribution in [2.24, 2.45) is 19.2 Å². The van der Waals surface area contributed by atoms with Crippen LogP contribution in [-0.4, -0.2) is 109 Å². The number of aromatic carboxylic acids is 1. The van der Waals surface area contributed by atoms with Crippen molar-refractivity contribution < 1.29 is 31.5 Å². The maximum absolute atomic E-state index is 12.5. The van der Waals surface area contributed by atoms with Gasteiger partial charge < -0.3 is 0 Å². The van der Waals surface area contributed by atoms with Crippen molar-refractivity contribution in [1.29, 1.82) is 0 Å². The fourth-order valence-corrected chi connectivity index (χ4v) is 11.6. The van der Waals surface area contributed by atoms with Crippen LogP contribution in [0.15, 0.2) is 71.0 Å². The normalized spacial score (nSPS) is 11.9. The Morgan fingerprint density at radius 3 is 1.39 bits per heavy atom. The predicted molar refractivity (Wildman–Crippen MR) is 228 cm³/mol. The first kappa shape index (κ1) is 47.3. The van der Waals surface area contributed by atoms with Crippen molar-refractivity contribution in [3.8, 4) is 11.6 Å². The van der Waals surface area contributed by atoms with Crippen molar-refractivity contribution in [3.63, 3.8) is 0 Å². The van der Waals surface area contributed by atoms with Gasteiger partial charge in [0.05, 0.1) is 5.69 Å². The molecule has 0 aliphatic rings. The molecule has 316 valence electrons. The van der Waals surface area contributed by atoms with Crippen LogP contribution in [0.2, 0.25) is 44.8 Å². The number of carbonyl (C=O) groups excluding carboxylic acids is 1. The zero-order valence-corrected chi connectivity index (χ0v) is 41.1. The zero-order valence-electron chi connectivity index (χ0n) is 33.8. The van der Waals surface area contributed by atoms with Crippen molar-refractivity contribution in [1.82, 2.24) is 53.8 Å². The summed E-state index contributed by atoms with van der Waals surface area (Å²) in [5, 5.41) is 30.5. The molecule has 6 aromatic rings. The summed E-state index contributed by atoms with van der Waals surface area (Å²) in [5.41, 5.74) is 0.646. The van der Waals surface area contributed by atoms with Gasteiger partial charge in [-0.2, -0.15) is 10.2 Å². The third kappa shape index (κ3) is 12.1. The number of primary sulfonamides is 1. The Balaban J connectivity index is 0.000000219. The third-order valence-electron chi connectivity index (χ3n) is 8.09. The zero-order chi connectivity index (χ0) is 44.4. The number of amides is 1. The van der Waals surface area contributed by atoms with E-state index in [1.165, 1.54) is 33.9 Å². The molecule has 19 nitrogen and oxygen atoms in total. The molecule has 0 saturated heterocycles. The topological polar surface area (TPSA) is 258 Å². The molecule has 6 heterocycles. The van der Waals surface area contributed by atoms with Gasteiger partial charge in [0.2, 0.25) is 10.0 Å².